The van der Waals surface area contributed by atoms with Crippen molar-refractivity contribution >= 4 is 23.2 Å². The van der Waals surface area contributed by atoms with E-state index in [4.69, 9.17) is 16.3 Å². The van der Waals surface area contributed by atoms with Crippen molar-refractivity contribution in [1.82, 2.24) is 14.7 Å². The first-order valence-electron chi connectivity index (χ1n) is 8.77. The van der Waals surface area contributed by atoms with Crippen molar-refractivity contribution < 1.29 is 9.53 Å². The summed E-state index contributed by atoms with van der Waals surface area (Å²) in [5, 5.41) is 5.07. The summed E-state index contributed by atoms with van der Waals surface area (Å²) in [4.78, 5) is 16.8. The van der Waals surface area contributed by atoms with Crippen molar-refractivity contribution in [1.29, 1.82) is 0 Å². The van der Waals surface area contributed by atoms with Crippen molar-refractivity contribution in [3.63, 3.8) is 0 Å². The van der Waals surface area contributed by atoms with E-state index in [9.17, 15) is 4.79 Å². The van der Waals surface area contributed by atoms with Gasteiger partial charge in [-0.05, 0) is 38.5 Å². The van der Waals surface area contributed by atoms with E-state index in [2.05, 4.69) is 10.00 Å². The molecule has 0 N–H and O–H groups in total. The van der Waals surface area contributed by atoms with Crippen LogP contribution in [0, 0.1) is 20.8 Å². The molecular formula is C19H25ClN4O2. The van der Waals surface area contributed by atoms with Crippen LogP contribution in [-0.4, -0.2) is 53.9 Å². The van der Waals surface area contributed by atoms with Crippen LogP contribution in [0.25, 0.3) is 0 Å². The molecule has 6 nitrogen and oxygen atoms in total. The summed E-state index contributed by atoms with van der Waals surface area (Å²) in [6.07, 6.45) is 0. The van der Waals surface area contributed by atoms with Crippen LogP contribution in [-0.2, 0) is 11.3 Å². The van der Waals surface area contributed by atoms with E-state index in [1.54, 1.807) is 7.11 Å². The summed E-state index contributed by atoms with van der Waals surface area (Å²) >= 11 is 6.10. The van der Waals surface area contributed by atoms with Crippen LogP contribution in [0.5, 0.6) is 5.75 Å². The van der Waals surface area contributed by atoms with Gasteiger partial charge in [0.05, 0.1) is 17.8 Å². The number of anilines is 1. The van der Waals surface area contributed by atoms with E-state index < -0.39 is 0 Å². The first-order valence-corrected chi connectivity index (χ1v) is 9.15. The zero-order chi connectivity index (χ0) is 18.8. The molecule has 1 fully saturated rings. The van der Waals surface area contributed by atoms with Crippen molar-refractivity contribution in [3.05, 3.63) is 40.2 Å². The van der Waals surface area contributed by atoms with Gasteiger partial charge in [-0.2, -0.15) is 5.10 Å². The molecule has 3 rings (SSSR count). The first kappa shape index (κ1) is 18.6. The van der Waals surface area contributed by atoms with Crippen LogP contribution in [0.4, 0.5) is 5.69 Å². The SMILES string of the molecule is COc1cc(N2CCN(C(=O)Cn3nc(C)c(C)c3C)CC2)ccc1Cl. The lowest BCUT2D eigenvalue weighted by atomic mass is 10.2. The molecule has 1 amide bonds. The van der Waals surface area contributed by atoms with Crippen LogP contribution in [0.3, 0.4) is 0 Å². The van der Waals surface area contributed by atoms with Gasteiger partial charge in [0, 0.05) is 43.6 Å². The Labute approximate surface area is 159 Å². The summed E-state index contributed by atoms with van der Waals surface area (Å²) in [5.74, 6) is 0.784. The number of hydrogen-bond acceptors (Lipinski definition) is 4. The average Bonchev–Trinajstić information content (AvgIpc) is 2.89. The maximum atomic E-state index is 12.6. The Morgan fingerprint density at radius 1 is 1.19 bits per heavy atom. The van der Waals surface area contributed by atoms with Crippen LogP contribution < -0.4 is 9.64 Å². The molecule has 1 aromatic heterocycles. The number of carbonyl (C=O) groups excluding carboxylic acids is 1. The average molecular weight is 377 g/mol. The highest BCUT2D eigenvalue weighted by Gasteiger charge is 2.23. The maximum absolute atomic E-state index is 12.6. The molecule has 2 aromatic rings. The fourth-order valence-corrected chi connectivity index (χ4v) is 3.42. The molecule has 26 heavy (non-hydrogen) atoms. The largest absolute Gasteiger partial charge is 0.495 e. The summed E-state index contributed by atoms with van der Waals surface area (Å²) in [6, 6.07) is 5.78. The number of aromatic nitrogens is 2. The fourth-order valence-electron chi connectivity index (χ4n) is 3.23. The number of hydrogen-bond donors (Lipinski definition) is 0. The molecule has 140 valence electrons. The fraction of sp³-hybridized carbons (Fsp3) is 0.474. The Morgan fingerprint density at radius 2 is 1.88 bits per heavy atom. The molecule has 1 saturated heterocycles. The second-order valence-corrected chi connectivity index (χ2v) is 7.05. The Kier molecular flexibility index (Phi) is 5.41. The van der Waals surface area contributed by atoms with Gasteiger partial charge in [0.2, 0.25) is 5.91 Å². The molecule has 0 radical (unpaired) electrons. The van der Waals surface area contributed by atoms with Crippen LogP contribution in [0.15, 0.2) is 18.2 Å². The molecule has 0 saturated carbocycles. The van der Waals surface area contributed by atoms with Gasteiger partial charge in [-0.3, -0.25) is 9.48 Å². The Morgan fingerprint density at radius 3 is 2.46 bits per heavy atom. The van der Waals surface area contributed by atoms with Gasteiger partial charge in [0.1, 0.15) is 12.3 Å². The molecule has 1 aliphatic heterocycles. The lowest BCUT2D eigenvalue weighted by molar-refractivity contribution is -0.132. The molecule has 0 unspecified atom stereocenters. The number of carbonyl (C=O) groups is 1. The van der Waals surface area contributed by atoms with E-state index in [0.717, 1.165) is 35.7 Å². The molecule has 2 heterocycles. The third-order valence-electron chi connectivity index (χ3n) is 5.16. The number of aryl methyl sites for hydroxylation is 1. The number of benzene rings is 1. The summed E-state index contributed by atoms with van der Waals surface area (Å²) < 4.78 is 7.10. The van der Waals surface area contributed by atoms with E-state index in [0.29, 0.717) is 30.4 Å². The minimum absolute atomic E-state index is 0.115. The van der Waals surface area contributed by atoms with Gasteiger partial charge in [-0.25, -0.2) is 0 Å². The lowest BCUT2D eigenvalue weighted by Gasteiger charge is -2.36. The van der Waals surface area contributed by atoms with Crippen molar-refractivity contribution in [3.8, 4) is 5.75 Å². The number of ether oxygens (including phenoxy) is 1. The number of nitrogens with zero attached hydrogens (tertiary/aromatic N) is 4. The molecule has 0 bridgehead atoms. The van der Waals surface area contributed by atoms with Gasteiger partial charge in [0.15, 0.2) is 0 Å². The molecule has 1 aromatic carbocycles. The Hall–Kier alpha value is -2.21. The number of piperazine rings is 1. The molecule has 0 atom stereocenters. The second-order valence-electron chi connectivity index (χ2n) is 6.64. The van der Waals surface area contributed by atoms with E-state index >= 15 is 0 Å². The van der Waals surface area contributed by atoms with Gasteiger partial charge in [-0.15, -0.1) is 0 Å². The predicted molar refractivity (Wildman–Crippen MR) is 103 cm³/mol. The highest BCUT2D eigenvalue weighted by atomic mass is 35.5. The predicted octanol–water partition coefficient (Wildman–Crippen LogP) is 2.82. The first-order chi connectivity index (χ1) is 12.4. The highest BCUT2D eigenvalue weighted by Crippen LogP contribution is 2.29. The van der Waals surface area contributed by atoms with Crippen molar-refractivity contribution in [2.75, 3.05) is 38.2 Å². The van der Waals surface area contributed by atoms with Gasteiger partial charge < -0.3 is 14.5 Å². The normalized spacial score (nSPS) is 14.7. The molecule has 1 aliphatic rings. The van der Waals surface area contributed by atoms with Gasteiger partial charge >= 0.3 is 0 Å². The highest BCUT2D eigenvalue weighted by molar-refractivity contribution is 6.32. The summed E-state index contributed by atoms with van der Waals surface area (Å²) in [5.41, 5.74) is 4.26. The molecule has 0 aliphatic carbocycles. The summed E-state index contributed by atoms with van der Waals surface area (Å²) in [7, 11) is 1.61. The zero-order valence-corrected chi connectivity index (χ0v) is 16.5. The smallest absolute Gasteiger partial charge is 0.244 e. The molecule has 0 spiro atoms. The summed E-state index contributed by atoms with van der Waals surface area (Å²) in [6.45, 7) is 9.29. The van der Waals surface area contributed by atoms with Crippen molar-refractivity contribution in [2.45, 2.75) is 27.3 Å². The van der Waals surface area contributed by atoms with Gasteiger partial charge in [-0.1, -0.05) is 11.6 Å². The van der Waals surface area contributed by atoms with Crippen LogP contribution in [0.2, 0.25) is 5.02 Å². The maximum Gasteiger partial charge on any atom is 0.244 e. The van der Waals surface area contributed by atoms with E-state index in [1.807, 2.05) is 48.6 Å². The van der Waals surface area contributed by atoms with Crippen molar-refractivity contribution in [2.24, 2.45) is 0 Å². The third kappa shape index (κ3) is 3.65. The topological polar surface area (TPSA) is 50.6 Å². The second kappa shape index (κ2) is 7.58. The minimum atomic E-state index is 0.115. The van der Waals surface area contributed by atoms with Crippen LogP contribution >= 0.6 is 11.6 Å². The Balaban J connectivity index is 1.61. The number of amides is 1. The number of rotatable bonds is 4. The number of methoxy groups -OCH3 is 1. The lowest BCUT2D eigenvalue weighted by Crippen LogP contribution is -2.49. The minimum Gasteiger partial charge on any atom is -0.495 e. The van der Waals surface area contributed by atoms with Gasteiger partial charge in [0.25, 0.3) is 0 Å². The Bertz CT molecular complexity index is 810. The zero-order valence-electron chi connectivity index (χ0n) is 15.8. The molecular weight excluding hydrogens is 352 g/mol. The third-order valence-corrected chi connectivity index (χ3v) is 5.47. The number of halogens is 1. The van der Waals surface area contributed by atoms with E-state index in [-0.39, 0.29) is 5.91 Å². The molecule has 7 heteroatoms. The van der Waals surface area contributed by atoms with Crippen LogP contribution in [0.1, 0.15) is 17.0 Å². The quantitative estimate of drug-likeness (QED) is 0.823. The standard InChI is InChI=1S/C19H25ClN4O2/c1-13-14(2)21-24(15(13)3)12-19(25)23-9-7-22(8-10-23)16-5-6-17(20)18(11-16)26-4/h5-6,11H,7-10,12H2,1-4H3. The monoisotopic (exact) mass is 376 g/mol. The van der Waals surface area contributed by atoms with E-state index in [1.165, 1.54) is 0 Å².